The summed E-state index contributed by atoms with van der Waals surface area (Å²) >= 11 is 0. The highest BCUT2D eigenvalue weighted by atomic mass is 16.5. The van der Waals surface area contributed by atoms with Gasteiger partial charge in [-0.3, -0.25) is 9.59 Å². The fraction of sp³-hybridized carbons (Fsp3) is 0.863. The number of nitrogens with one attached hydrogen (secondary N) is 1. The molecule has 6 heteroatoms. The lowest BCUT2D eigenvalue weighted by Gasteiger charge is -2.20. The molecule has 0 saturated carbocycles. The Morgan fingerprint density at radius 3 is 0.975 bits per heavy atom. The molecule has 6 nitrogen and oxygen atoms in total. The van der Waals surface area contributed by atoms with E-state index in [1.54, 1.807) is 6.08 Å². The van der Waals surface area contributed by atoms with Gasteiger partial charge < -0.3 is 20.3 Å². The van der Waals surface area contributed by atoms with Crippen LogP contribution in [0.1, 0.15) is 380 Å². The largest absolute Gasteiger partial charge is 0.466 e. The summed E-state index contributed by atoms with van der Waals surface area (Å²) in [6.45, 7) is 4.91. The first-order valence-corrected chi connectivity index (χ1v) is 35.4. The number of aliphatic hydroxyl groups excluding tert-OH is 2. The van der Waals surface area contributed by atoms with Gasteiger partial charge in [0.2, 0.25) is 5.91 Å². The molecule has 0 bridgehead atoms. The lowest BCUT2D eigenvalue weighted by atomic mass is 10.0. The minimum Gasteiger partial charge on any atom is -0.466 e. The Balaban J connectivity index is 3.38. The Kier molecular flexibility index (Phi) is 66.4. The number of esters is 1. The van der Waals surface area contributed by atoms with Crippen LogP contribution in [0.15, 0.2) is 48.6 Å². The highest BCUT2D eigenvalue weighted by Gasteiger charge is 2.18. The summed E-state index contributed by atoms with van der Waals surface area (Å²) < 4.78 is 5.50. The quantitative estimate of drug-likeness (QED) is 0.0320. The second-order valence-corrected chi connectivity index (χ2v) is 24.2. The van der Waals surface area contributed by atoms with Crippen molar-refractivity contribution in [2.75, 3.05) is 13.2 Å². The average Bonchev–Trinajstić information content (AvgIpc) is 3.45. The number of ether oxygens (including phenoxy) is 1. The molecule has 79 heavy (non-hydrogen) atoms. The van der Waals surface area contributed by atoms with Crippen molar-refractivity contribution in [2.45, 2.75) is 392 Å². The summed E-state index contributed by atoms with van der Waals surface area (Å²) in [6, 6.07) is -0.626. The molecule has 0 aliphatic carbocycles. The molecule has 0 fully saturated rings. The second-order valence-electron chi connectivity index (χ2n) is 24.2. The molecule has 0 aliphatic rings. The minimum absolute atomic E-state index is 0.0107. The predicted octanol–water partition coefficient (Wildman–Crippen LogP) is 22.9. The van der Waals surface area contributed by atoms with Crippen LogP contribution in [0.2, 0.25) is 0 Å². The molecule has 0 heterocycles. The molecule has 1 amide bonds. The summed E-state index contributed by atoms with van der Waals surface area (Å²) in [6.07, 6.45) is 89.1. The fourth-order valence-electron chi connectivity index (χ4n) is 10.9. The minimum atomic E-state index is -0.842. The van der Waals surface area contributed by atoms with Crippen molar-refractivity contribution in [3.05, 3.63) is 48.6 Å². The Hall–Kier alpha value is -2.18. The molecule has 0 aromatic rings. The zero-order valence-electron chi connectivity index (χ0n) is 53.1. The van der Waals surface area contributed by atoms with E-state index in [9.17, 15) is 19.8 Å². The first-order chi connectivity index (χ1) is 39.0. The zero-order valence-corrected chi connectivity index (χ0v) is 53.1. The fourth-order valence-corrected chi connectivity index (χ4v) is 10.9. The van der Waals surface area contributed by atoms with E-state index in [0.717, 1.165) is 51.4 Å². The molecule has 0 rings (SSSR count). The van der Waals surface area contributed by atoms with E-state index in [1.807, 2.05) is 6.08 Å². The molecule has 464 valence electrons. The van der Waals surface area contributed by atoms with Crippen LogP contribution >= 0.6 is 0 Å². The Bertz CT molecular complexity index is 1320. The SMILES string of the molecule is CCCCCCCC/C=C\CCCCCCCCCC(=O)OCCCCCCCCCCC/C=C\C/C=C\CCCCCCCCCCCCCCCCCCCC(=O)NC(CO)C(O)/C=C/CCCCCCCCCCCC. The first-order valence-electron chi connectivity index (χ1n) is 35.4. The lowest BCUT2D eigenvalue weighted by Crippen LogP contribution is -2.45. The monoisotopic (exact) mass is 1110 g/mol. The van der Waals surface area contributed by atoms with Crippen molar-refractivity contribution < 1.29 is 24.5 Å². The summed E-state index contributed by atoms with van der Waals surface area (Å²) in [5.74, 6) is -0.0552. The van der Waals surface area contributed by atoms with E-state index in [0.29, 0.717) is 19.4 Å². The zero-order chi connectivity index (χ0) is 57.1. The maximum Gasteiger partial charge on any atom is 0.305 e. The molecular weight excluding hydrogens is 971 g/mol. The van der Waals surface area contributed by atoms with Gasteiger partial charge in [-0.1, -0.05) is 326 Å². The van der Waals surface area contributed by atoms with Gasteiger partial charge in [0.15, 0.2) is 0 Å². The topological polar surface area (TPSA) is 95.9 Å². The van der Waals surface area contributed by atoms with Gasteiger partial charge in [-0.2, -0.15) is 0 Å². The molecule has 3 N–H and O–H groups in total. The van der Waals surface area contributed by atoms with E-state index in [4.69, 9.17) is 4.74 Å². The molecule has 0 aromatic carbocycles. The molecule has 2 unspecified atom stereocenters. The number of hydrogen-bond donors (Lipinski definition) is 3. The molecule has 0 spiro atoms. The van der Waals surface area contributed by atoms with Gasteiger partial charge in [-0.25, -0.2) is 0 Å². The van der Waals surface area contributed by atoms with Crippen LogP contribution in [0.3, 0.4) is 0 Å². The van der Waals surface area contributed by atoms with Crippen molar-refractivity contribution in [3.8, 4) is 0 Å². The number of allylic oxidation sites excluding steroid dienone is 7. The number of hydrogen-bond acceptors (Lipinski definition) is 5. The van der Waals surface area contributed by atoms with Crippen LogP contribution in [-0.2, 0) is 14.3 Å². The van der Waals surface area contributed by atoms with Crippen molar-refractivity contribution in [1.82, 2.24) is 5.32 Å². The summed E-state index contributed by atoms with van der Waals surface area (Å²) in [5, 5.41) is 23.1. The number of rotatable bonds is 66. The van der Waals surface area contributed by atoms with Gasteiger partial charge in [-0.15, -0.1) is 0 Å². The Labute approximate surface area is 493 Å². The Morgan fingerprint density at radius 1 is 0.354 bits per heavy atom. The summed E-state index contributed by atoms with van der Waals surface area (Å²) in [4.78, 5) is 24.5. The number of aliphatic hydroxyl groups is 2. The molecule has 2 atom stereocenters. The third-order valence-corrected chi connectivity index (χ3v) is 16.3. The van der Waals surface area contributed by atoms with Crippen LogP contribution < -0.4 is 5.32 Å². The van der Waals surface area contributed by atoms with Gasteiger partial charge >= 0.3 is 5.97 Å². The number of amides is 1. The normalized spacial score (nSPS) is 12.8. The van der Waals surface area contributed by atoms with Crippen LogP contribution in [0.25, 0.3) is 0 Å². The van der Waals surface area contributed by atoms with Crippen molar-refractivity contribution in [2.24, 2.45) is 0 Å². The van der Waals surface area contributed by atoms with Crippen LogP contribution in [0.4, 0.5) is 0 Å². The molecule has 0 aliphatic heterocycles. The van der Waals surface area contributed by atoms with Crippen molar-refractivity contribution >= 4 is 11.9 Å². The maximum absolute atomic E-state index is 12.5. The third kappa shape index (κ3) is 64.8. The molecule has 0 aromatic heterocycles. The van der Waals surface area contributed by atoms with Gasteiger partial charge in [0, 0.05) is 12.8 Å². The number of carbonyl (C=O) groups excluding carboxylic acids is 2. The van der Waals surface area contributed by atoms with E-state index in [2.05, 4.69) is 55.6 Å². The van der Waals surface area contributed by atoms with Gasteiger partial charge in [0.05, 0.1) is 25.4 Å². The smallest absolute Gasteiger partial charge is 0.305 e. The maximum atomic E-state index is 12.5. The lowest BCUT2D eigenvalue weighted by molar-refractivity contribution is -0.143. The molecule has 0 saturated heterocycles. The van der Waals surface area contributed by atoms with E-state index in [1.165, 1.54) is 302 Å². The standard InChI is InChI=1S/C73H137NO5/c1-3-5-7-9-11-13-15-17-18-36-40-43-47-51-55-59-63-67-73(78)79-68-64-60-56-52-48-44-41-38-35-33-31-29-27-25-23-21-19-20-22-24-26-28-30-32-34-37-39-42-46-50-54-58-62-66-72(77)74-70(69-75)71(76)65-61-57-53-49-45-16-14-12-10-8-6-4-2/h17-18,23,25,29,31,61,65,70-71,75-76H,3-16,19-22,24,26-28,30,32-60,62-64,66-69H2,1-2H3,(H,74,77)/b18-17-,25-23-,31-29-,65-61+. The summed E-state index contributed by atoms with van der Waals surface area (Å²) in [5.41, 5.74) is 0. The van der Waals surface area contributed by atoms with Crippen LogP contribution in [0, 0.1) is 0 Å². The van der Waals surface area contributed by atoms with Gasteiger partial charge in [-0.05, 0) is 89.9 Å². The molecule has 0 radical (unpaired) electrons. The second kappa shape index (κ2) is 68.3. The van der Waals surface area contributed by atoms with E-state index in [-0.39, 0.29) is 18.5 Å². The van der Waals surface area contributed by atoms with Crippen molar-refractivity contribution in [1.29, 1.82) is 0 Å². The van der Waals surface area contributed by atoms with Gasteiger partial charge in [0.25, 0.3) is 0 Å². The van der Waals surface area contributed by atoms with Crippen LogP contribution in [0.5, 0.6) is 0 Å². The number of unbranched alkanes of at least 4 members (excludes halogenated alkanes) is 49. The summed E-state index contributed by atoms with van der Waals surface area (Å²) in [7, 11) is 0. The Morgan fingerprint density at radius 2 is 0.633 bits per heavy atom. The van der Waals surface area contributed by atoms with Crippen molar-refractivity contribution in [3.63, 3.8) is 0 Å². The van der Waals surface area contributed by atoms with E-state index >= 15 is 0 Å². The predicted molar refractivity (Wildman–Crippen MR) is 347 cm³/mol. The van der Waals surface area contributed by atoms with Gasteiger partial charge in [0.1, 0.15) is 0 Å². The van der Waals surface area contributed by atoms with E-state index < -0.39 is 12.1 Å². The third-order valence-electron chi connectivity index (χ3n) is 16.3. The highest BCUT2D eigenvalue weighted by molar-refractivity contribution is 5.76. The highest BCUT2D eigenvalue weighted by Crippen LogP contribution is 2.18. The van der Waals surface area contributed by atoms with Crippen LogP contribution in [-0.4, -0.2) is 47.4 Å². The average molecular weight is 1110 g/mol. The molecular formula is C73H137NO5. The number of carbonyl (C=O) groups is 2. The first kappa shape index (κ1) is 76.8.